The lowest BCUT2D eigenvalue weighted by Gasteiger charge is -2.22. The Bertz CT molecular complexity index is 1910. The molecule has 0 saturated heterocycles. The van der Waals surface area contributed by atoms with Crippen LogP contribution in [0.1, 0.15) is 47.6 Å². The summed E-state index contributed by atoms with van der Waals surface area (Å²) in [4.78, 5) is 41.2. The number of nitrogens with zero attached hydrogens (tertiary/aromatic N) is 4. The van der Waals surface area contributed by atoms with Crippen molar-refractivity contribution in [1.29, 1.82) is 0 Å². The van der Waals surface area contributed by atoms with Crippen LogP contribution in [0.25, 0.3) is 21.8 Å². The van der Waals surface area contributed by atoms with Gasteiger partial charge in [0.25, 0.3) is 5.56 Å². The summed E-state index contributed by atoms with van der Waals surface area (Å²) in [6.45, 7) is 0. The Hall–Kier alpha value is -4.76. The number of aromatic amines is 1. The van der Waals surface area contributed by atoms with Gasteiger partial charge in [0.2, 0.25) is 5.91 Å². The maximum Gasteiger partial charge on any atom is 0.303 e. The van der Waals surface area contributed by atoms with Crippen LogP contribution in [0.2, 0.25) is 5.02 Å². The highest BCUT2D eigenvalue weighted by Crippen LogP contribution is 2.36. The number of pyridine rings is 1. The topological polar surface area (TPSA) is 121 Å². The average molecular weight is 568 g/mol. The molecule has 206 valence electrons. The van der Waals surface area contributed by atoms with Crippen molar-refractivity contribution in [3.8, 4) is 0 Å². The normalized spacial score (nSPS) is 15.0. The van der Waals surface area contributed by atoms with Gasteiger partial charge >= 0.3 is 5.97 Å². The maximum atomic E-state index is 13.7. The number of carboxylic acid groups (broad SMARTS) is 1. The van der Waals surface area contributed by atoms with E-state index in [0.717, 1.165) is 33.0 Å². The summed E-state index contributed by atoms with van der Waals surface area (Å²) in [5.74, 6) is -1.49. The van der Waals surface area contributed by atoms with E-state index >= 15 is 0 Å². The molecule has 1 aliphatic heterocycles. The summed E-state index contributed by atoms with van der Waals surface area (Å²) in [7, 11) is 1.84. The standard InChI is InChI=1S/C31H26ClN5O4/c1-36-17-20-14-19(7-9-24(20)34-36)27-16-26(35-37(27)28(38)11-12-29(39)40)30-23(13-18-5-3-2-4-6-18)22-15-21(32)8-10-25(22)33-31(30)41/h2-10,14-15,17,27H,11-13,16H2,1H3,(H,33,41)(H,39,40). The van der Waals surface area contributed by atoms with Crippen LogP contribution >= 0.6 is 11.6 Å². The minimum absolute atomic E-state index is 0.210. The Morgan fingerprint density at radius 1 is 1.07 bits per heavy atom. The zero-order valence-corrected chi connectivity index (χ0v) is 22.9. The number of hydrazone groups is 1. The number of rotatable bonds is 7. The number of aromatic nitrogens is 3. The average Bonchev–Trinajstić information content (AvgIpc) is 3.55. The Morgan fingerprint density at radius 2 is 1.88 bits per heavy atom. The lowest BCUT2D eigenvalue weighted by Crippen LogP contribution is -2.27. The van der Waals surface area contributed by atoms with Crippen LogP contribution in [-0.4, -0.2) is 42.5 Å². The van der Waals surface area contributed by atoms with E-state index in [4.69, 9.17) is 16.7 Å². The fraction of sp³-hybridized carbons (Fsp3) is 0.194. The molecule has 1 atom stereocenters. The Morgan fingerprint density at radius 3 is 2.66 bits per heavy atom. The molecule has 41 heavy (non-hydrogen) atoms. The number of fused-ring (bicyclic) bond motifs is 2. The van der Waals surface area contributed by atoms with Crippen LogP contribution < -0.4 is 5.56 Å². The van der Waals surface area contributed by atoms with E-state index in [1.807, 2.05) is 67.8 Å². The van der Waals surface area contributed by atoms with Crippen LogP contribution in [0.3, 0.4) is 0 Å². The van der Waals surface area contributed by atoms with Gasteiger partial charge < -0.3 is 10.1 Å². The summed E-state index contributed by atoms with van der Waals surface area (Å²) in [5, 5.41) is 21.9. The fourth-order valence-electron chi connectivity index (χ4n) is 5.47. The molecule has 10 heteroatoms. The summed E-state index contributed by atoms with van der Waals surface area (Å²) < 4.78 is 1.72. The van der Waals surface area contributed by atoms with Gasteiger partial charge in [-0.05, 0) is 53.4 Å². The van der Waals surface area contributed by atoms with Crippen molar-refractivity contribution in [2.45, 2.75) is 31.7 Å². The number of carbonyl (C=O) groups excluding carboxylic acids is 1. The summed E-state index contributed by atoms with van der Waals surface area (Å²) in [5.41, 5.74) is 4.59. The summed E-state index contributed by atoms with van der Waals surface area (Å²) in [6.07, 6.45) is 2.10. The van der Waals surface area contributed by atoms with E-state index in [1.54, 1.807) is 16.8 Å². The van der Waals surface area contributed by atoms with E-state index in [0.29, 0.717) is 28.2 Å². The number of aryl methyl sites for hydroxylation is 1. The van der Waals surface area contributed by atoms with Crippen molar-refractivity contribution in [3.05, 3.63) is 111 Å². The molecule has 1 aliphatic rings. The van der Waals surface area contributed by atoms with E-state index in [-0.39, 0.29) is 24.8 Å². The zero-order valence-electron chi connectivity index (χ0n) is 22.2. The van der Waals surface area contributed by atoms with Crippen LogP contribution in [0.5, 0.6) is 0 Å². The number of halogens is 1. The van der Waals surface area contributed by atoms with Gasteiger partial charge in [-0.15, -0.1) is 0 Å². The number of hydrogen-bond acceptors (Lipinski definition) is 5. The molecule has 0 aliphatic carbocycles. The summed E-state index contributed by atoms with van der Waals surface area (Å²) in [6, 6.07) is 20.4. The monoisotopic (exact) mass is 567 g/mol. The third kappa shape index (κ3) is 5.24. The third-order valence-corrected chi connectivity index (χ3v) is 7.58. The van der Waals surface area contributed by atoms with Gasteiger partial charge in [0, 0.05) is 47.4 Å². The number of nitrogens with one attached hydrogen (secondary N) is 1. The van der Waals surface area contributed by atoms with Crippen molar-refractivity contribution >= 4 is 51.0 Å². The molecule has 3 aromatic carbocycles. The zero-order chi connectivity index (χ0) is 28.7. The first kappa shape index (κ1) is 26.5. The van der Waals surface area contributed by atoms with Gasteiger partial charge in [-0.3, -0.25) is 19.1 Å². The number of amides is 1. The number of carboxylic acids is 1. The molecule has 0 saturated carbocycles. The minimum atomic E-state index is -1.07. The van der Waals surface area contributed by atoms with Crippen LogP contribution in [0, 0.1) is 0 Å². The number of hydrogen-bond donors (Lipinski definition) is 2. The molecule has 1 unspecified atom stereocenters. The van der Waals surface area contributed by atoms with Crippen molar-refractivity contribution in [2.75, 3.05) is 0 Å². The largest absolute Gasteiger partial charge is 0.481 e. The Kier molecular flexibility index (Phi) is 6.88. The molecule has 9 nitrogen and oxygen atoms in total. The lowest BCUT2D eigenvalue weighted by atomic mass is 9.91. The molecule has 0 radical (unpaired) electrons. The smallest absolute Gasteiger partial charge is 0.303 e. The van der Waals surface area contributed by atoms with Gasteiger partial charge in [0.1, 0.15) is 0 Å². The molecular formula is C31H26ClN5O4. The molecule has 2 aromatic heterocycles. The van der Waals surface area contributed by atoms with E-state index in [9.17, 15) is 19.5 Å². The predicted molar refractivity (Wildman–Crippen MR) is 157 cm³/mol. The highest BCUT2D eigenvalue weighted by molar-refractivity contribution is 6.31. The Balaban J connectivity index is 1.49. The van der Waals surface area contributed by atoms with Crippen LogP contribution in [-0.2, 0) is 23.1 Å². The Labute approximate surface area is 239 Å². The van der Waals surface area contributed by atoms with Crippen molar-refractivity contribution in [2.24, 2.45) is 12.1 Å². The first-order chi connectivity index (χ1) is 19.8. The first-order valence-corrected chi connectivity index (χ1v) is 13.6. The number of aliphatic carboxylic acids is 1. The van der Waals surface area contributed by atoms with Crippen LogP contribution in [0.4, 0.5) is 0 Å². The second-order valence-corrected chi connectivity index (χ2v) is 10.6. The first-order valence-electron chi connectivity index (χ1n) is 13.2. The molecule has 0 bridgehead atoms. The van der Waals surface area contributed by atoms with Gasteiger partial charge in [0.05, 0.1) is 29.3 Å². The molecule has 3 heterocycles. The fourth-order valence-corrected chi connectivity index (χ4v) is 5.65. The van der Waals surface area contributed by atoms with E-state index < -0.39 is 17.9 Å². The van der Waals surface area contributed by atoms with E-state index in [1.165, 1.54) is 5.01 Å². The van der Waals surface area contributed by atoms with Gasteiger partial charge in [-0.2, -0.15) is 10.2 Å². The lowest BCUT2D eigenvalue weighted by molar-refractivity contribution is -0.141. The SMILES string of the molecule is Cn1cc2cc(C3CC(c4c(Cc5ccccc5)c5cc(Cl)ccc5[nH]c4=O)=NN3C(=O)CCC(=O)O)ccc2n1. The molecule has 0 fully saturated rings. The van der Waals surface area contributed by atoms with E-state index in [2.05, 4.69) is 10.1 Å². The second kappa shape index (κ2) is 10.7. The van der Waals surface area contributed by atoms with Crippen molar-refractivity contribution < 1.29 is 14.7 Å². The third-order valence-electron chi connectivity index (χ3n) is 7.34. The molecular weight excluding hydrogens is 542 g/mol. The highest BCUT2D eigenvalue weighted by Gasteiger charge is 2.35. The number of H-pyrrole nitrogens is 1. The van der Waals surface area contributed by atoms with Gasteiger partial charge in [0.15, 0.2) is 0 Å². The molecule has 6 rings (SSSR count). The van der Waals surface area contributed by atoms with Crippen molar-refractivity contribution in [3.63, 3.8) is 0 Å². The highest BCUT2D eigenvalue weighted by atomic mass is 35.5. The molecule has 5 aromatic rings. The second-order valence-electron chi connectivity index (χ2n) is 10.2. The van der Waals surface area contributed by atoms with Gasteiger partial charge in [-0.1, -0.05) is 48.0 Å². The van der Waals surface area contributed by atoms with Crippen molar-refractivity contribution in [1.82, 2.24) is 19.8 Å². The minimum Gasteiger partial charge on any atom is -0.481 e. The van der Waals surface area contributed by atoms with Crippen LogP contribution in [0.15, 0.2) is 82.8 Å². The predicted octanol–water partition coefficient (Wildman–Crippen LogP) is 5.20. The quantitative estimate of drug-likeness (QED) is 0.280. The number of benzene rings is 3. The number of carbonyl (C=O) groups is 2. The summed E-state index contributed by atoms with van der Waals surface area (Å²) >= 11 is 6.39. The molecule has 1 amide bonds. The van der Waals surface area contributed by atoms with Gasteiger partial charge in [-0.25, -0.2) is 5.01 Å². The molecule has 0 spiro atoms. The maximum absolute atomic E-state index is 13.7. The molecule has 2 N–H and O–H groups in total.